The lowest BCUT2D eigenvalue weighted by Crippen LogP contribution is -2.15. The summed E-state index contributed by atoms with van der Waals surface area (Å²) in [4.78, 5) is 0. The molecule has 0 aromatic heterocycles. The zero-order chi connectivity index (χ0) is 14.5. The van der Waals surface area contributed by atoms with Gasteiger partial charge in [-0.2, -0.15) is 0 Å². The van der Waals surface area contributed by atoms with E-state index >= 15 is 0 Å². The molecule has 0 radical (unpaired) electrons. The summed E-state index contributed by atoms with van der Waals surface area (Å²) in [5.74, 6) is 0.312. The van der Waals surface area contributed by atoms with Crippen molar-refractivity contribution in [2.45, 2.75) is 6.04 Å². The van der Waals surface area contributed by atoms with E-state index in [1.807, 2.05) is 12.1 Å². The van der Waals surface area contributed by atoms with Gasteiger partial charge in [-0.1, -0.05) is 11.6 Å². The van der Waals surface area contributed by atoms with Gasteiger partial charge in [0.25, 0.3) is 0 Å². The Morgan fingerprint density at radius 3 is 2.50 bits per heavy atom. The number of aliphatic hydroxyl groups excluding tert-OH is 1. The van der Waals surface area contributed by atoms with Gasteiger partial charge in [0, 0.05) is 10.7 Å². The summed E-state index contributed by atoms with van der Waals surface area (Å²) >= 11 is 5.83. The van der Waals surface area contributed by atoms with Gasteiger partial charge in [0.05, 0.1) is 19.8 Å². The van der Waals surface area contributed by atoms with Crippen molar-refractivity contribution in [3.05, 3.63) is 58.9 Å². The third-order valence-electron chi connectivity index (χ3n) is 2.90. The Kier molecular flexibility index (Phi) is 4.82. The second-order valence-corrected chi connectivity index (χ2v) is 4.75. The molecule has 0 aliphatic carbocycles. The number of halogens is 2. The van der Waals surface area contributed by atoms with Gasteiger partial charge >= 0.3 is 0 Å². The third-order valence-corrected chi connectivity index (χ3v) is 3.12. The molecule has 20 heavy (non-hydrogen) atoms. The molecule has 1 unspecified atom stereocenters. The minimum atomic E-state index is -0.434. The first-order valence-corrected chi connectivity index (χ1v) is 6.47. The molecule has 0 aliphatic heterocycles. The van der Waals surface area contributed by atoms with Crippen LogP contribution in [0.3, 0.4) is 0 Å². The van der Waals surface area contributed by atoms with E-state index in [1.54, 1.807) is 25.3 Å². The molecule has 0 fully saturated rings. The summed E-state index contributed by atoms with van der Waals surface area (Å²) in [6.45, 7) is -0.175. The predicted octanol–water partition coefficient (Wildman–Crippen LogP) is 3.63. The first-order valence-electron chi connectivity index (χ1n) is 6.10. The fourth-order valence-corrected chi connectivity index (χ4v) is 2.13. The van der Waals surface area contributed by atoms with Crippen molar-refractivity contribution in [2.75, 3.05) is 19.0 Å². The molecule has 2 N–H and O–H groups in total. The number of methoxy groups -OCH3 is 1. The average molecular weight is 296 g/mol. The van der Waals surface area contributed by atoms with E-state index < -0.39 is 11.9 Å². The van der Waals surface area contributed by atoms with Crippen molar-refractivity contribution in [2.24, 2.45) is 0 Å². The zero-order valence-electron chi connectivity index (χ0n) is 10.9. The van der Waals surface area contributed by atoms with E-state index in [-0.39, 0.29) is 6.61 Å². The van der Waals surface area contributed by atoms with E-state index in [9.17, 15) is 9.50 Å². The van der Waals surface area contributed by atoms with Gasteiger partial charge in [-0.25, -0.2) is 4.39 Å². The summed E-state index contributed by atoms with van der Waals surface area (Å²) in [7, 11) is 1.59. The van der Waals surface area contributed by atoms with E-state index in [2.05, 4.69) is 5.32 Å². The third kappa shape index (κ3) is 3.62. The Hall–Kier alpha value is -1.78. The zero-order valence-corrected chi connectivity index (χ0v) is 11.7. The summed E-state index contributed by atoms with van der Waals surface area (Å²) in [5, 5.41) is 12.9. The molecule has 2 aromatic carbocycles. The van der Waals surface area contributed by atoms with Crippen LogP contribution in [0.4, 0.5) is 10.1 Å². The molecule has 0 aliphatic rings. The molecule has 2 rings (SSSR count). The van der Waals surface area contributed by atoms with Gasteiger partial charge in [-0.15, -0.1) is 0 Å². The monoisotopic (exact) mass is 295 g/mol. The predicted molar refractivity (Wildman–Crippen MR) is 77.9 cm³/mol. The van der Waals surface area contributed by atoms with Crippen molar-refractivity contribution < 1.29 is 14.2 Å². The molecule has 5 heteroatoms. The minimum absolute atomic E-state index is 0.175. The molecule has 1 atom stereocenters. The number of hydrogen-bond acceptors (Lipinski definition) is 3. The van der Waals surface area contributed by atoms with E-state index in [0.717, 1.165) is 11.4 Å². The minimum Gasteiger partial charge on any atom is -0.497 e. The maximum Gasteiger partial charge on any atom is 0.125 e. The number of aliphatic hydroxyl groups is 1. The number of benzene rings is 2. The van der Waals surface area contributed by atoms with Crippen LogP contribution in [0, 0.1) is 5.82 Å². The highest BCUT2D eigenvalue weighted by molar-refractivity contribution is 6.30. The SMILES string of the molecule is COc1ccc(NC(CO)c2cc(F)cc(Cl)c2)cc1. The van der Waals surface area contributed by atoms with Crippen LogP contribution in [0.15, 0.2) is 42.5 Å². The lowest BCUT2D eigenvalue weighted by atomic mass is 10.1. The van der Waals surface area contributed by atoms with Crippen LogP contribution in [0.5, 0.6) is 5.75 Å². The van der Waals surface area contributed by atoms with E-state index in [1.165, 1.54) is 12.1 Å². The quantitative estimate of drug-likeness (QED) is 0.885. The van der Waals surface area contributed by atoms with Crippen molar-refractivity contribution in [1.29, 1.82) is 0 Å². The van der Waals surface area contributed by atoms with Gasteiger partial charge in [0.15, 0.2) is 0 Å². The van der Waals surface area contributed by atoms with E-state index in [0.29, 0.717) is 10.6 Å². The molecule has 2 aromatic rings. The Balaban J connectivity index is 2.19. The van der Waals surface area contributed by atoms with Crippen LogP contribution < -0.4 is 10.1 Å². The van der Waals surface area contributed by atoms with Crippen LogP contribution >= 0.6 is 11.6 Å². The highest BCUT2D eigenvalue weighted by atomic mass is 35.5. The standard InChI is InChI=1S/C15H15ClFNO2/c1-20-14-4-2-13(3-5-14)18-15(9-19)10-6-11(16)8-12(17)7-10/h2-8,15,18-19H,9H2,1H3. The molecule has 0 bridgehead atoms. The lowest BCUT2D eigenvalue weighted by molar-refractivity contribution is 0.276. The first-order chi connectivity index (χ1) is 9.62. The molecule has 0 saturated heterocycles. The molecule has 0 heterocycles. The van der Waals surface area contributed by atoms with Gasteiger partial charge < -0.3 is 15.2 Å². The second-order valence-electron chi connectivity index (χ2n) is 4.31. The number of hydrogen-bond donors (Lipinski definition) is 2. The second kappa shape index (κ2) is 6.59. The fourth-order valence-electron chi connectivity index (χ4n) is 1.90. The Morgan fingerprint density at radius 2 is 1.95 bits per heavy atom. The number of rotatable bonds is 5. The maximum absolute atomic E-state index is 13.4. The lowest BCUT2D eigenvalue weighted by Gasteiger charge is -2.18. The van der Waals surface area contributed by atoms with Gasteiger partial charge in [0.1, 0.15) is 11.6 Å². The topological polar surface area (TPSA) is 41.5 Å². The highest BCUT2D eigenvalue weighted by Crippen LogP contribution is 2.24. The van der Waals surface area contributed by atoms with Gasteiger partial charge in [0.2, 0.25) is 0 Å². The molecule has 0 spiro atoms. The Morgan fingerprint density at radius 1 is 1.25 bits per heavy atom. The molecule has 106 valence electrons. The van der Waals surface area contributed by atoms with Gasteiger partial charge in [-0.3, -0.25) is 0 Å². The summed E-state index contributed by atoms with van der Waals surface area (Å²) in [6, 6.07) is 11.0. The molecule has 0 amide bonds. The van der Waals surface area contributed by atoms with Crippen LogP contribution in [0.2, 0.25) is 5.02 Å². The molecule has 0 saturated carbocycles. The summed E-state index contributed by atoms with van der Waals surface area (Å²) in [5.41, 5.74) is 1.39. The maximum atomic E-state index is 13.4. The molecular formula is C15H15ClFNO2. The van der Waals surface area contributed by atoms with Crippen molar-refractivity contribution in [1.82, 2.24) is 0 Å². The van der Waals surface area contributed by atoms with Crippen LogP contribution in [0.1, 0.15) is 11.6 Å². The Labute approximate surface area is 122 Å². The summed E-state index contributed by atoms with van der Waals surface area (Å²) in [6.07, 6.45) is 0. The smallest absolute Gasteiger partial charge is 0.125 e. The van der Waals surface area contributed by atoms with Crippen molar-refractivity contribution in [3.63, 3.8) is 0 Å². The van der Waals surface area contributed by atoms with Gasteiger partial charge in [-0.05, 0) is 48.0 Å². The number of nitrogens with one attached hydrogen (secondary N) is 1. The highest BCUT2D eigenvalue weighted by Gasteiger charge is 2.12. The van der Waals surface area contributed by atoms with Crippen molar-refractivity contribution in [3.8, 4) is 5.75 Å². The number of ether oxygens (including phenoxy) is 1. The molecular weight excluding hydrogens is 281 g/mol. The van der Waals surface area contributed by atoms with Crippen molar-refractivity contribution >= 4 is 17.3 Å². The molecule has 3 nitrogen and oxygen atoms in total. The number of anilines is 1. The van der Waals surface area contributed by atoms with Crippen LogP contribution in [-0.4, -0.2) is 18.8 Å². The van der Waals surface area contributed by atoms with Crippen LogP contribution in [-0.2, 0) is 0 Å². The fraction of sp³-hybridized carbons (Fsp3) is 0.200. The Bertz CT molecular complexity index is 554. The average Bonchev–Trinajstić information content (AvgIpc) is 2.44. The van der Waals surface area contributed by atoms with E-state index in [4.69, 9.17) is 16.3 Å². The summed E-state index contributed by atoms with van der Waals surface area (Å²) < 4.78 is 18.4. The largest absolute Gasteiger partial charge is 0.497 e. The first kappa shape index (κ1) is 14.6. The van der Waals surface area contributed by atoms with Crippen LogP contribution in [0.25, 0.3) is 0 Å². The normalized spacial score (nSPS) is 12.0.